The topological polar surface area (TPSA) is 62.0 Å². The van der Waals surface area contributed by atoms with E-state index in [-0.39, 0.29) is 6.10 Å². The number of rotatable bonds is 2. The first-order valence-corrected chi connectivity index (χ1v) is 4.84. The summed E-state index contributed by atoms with van der Waals surface area (Å²) in [7, 11) is 1.70. The Morgan fingerprint density at radius 1 is 1.53 bits per heavy atom. The van der Waals surface area contributed by atoms with Gasteiger partial charge in [-0.25, -0.2) is 9.97 Å². The van der Waals surface area contributed by atoms with Crippen molar-refractivity contribution in [2.45, 2.75) is 12.5 Å². The SMILES string of the molecule is COC1CCN(c2nccnc2C#N)C1. The van der Waals surface area contributed by atoms with Crippen molar-refractivity contribution in [1.29, 1.82) is 5.26 Å². The molecule has 5 nitrogen and oxygen atoms in total. The molecule has 78 valence electrons. The summed E-state index contributed by atoms with van der Waals surface area (Å²) < 4.78 is 5.26. The molecule has 2 rings (SSSR count). The van der Waals surface area contributed by atoms with Crippen molar-refractivity contribution >= 4 is 5.82 Å². The number of hydrogen-bond donors (Lipinski definition) is 0. The van der Waals surface area contributed by atoms with Gasteiger partial charge in [0.1, 0.15) is 6.07 Å². The Morgan fingerprint density at radius 3 is 3.00 bits per heavy atom. The Morgan fingerprint density at radius 2 is 2.33 bits per heavy atom. The highest BCUT2D eigenvalue weighted by molar-refractivity contribution is 5.50. The second kappa shape index (κ2) is 4.24. The molecule has 0 aliphatic carbocycles. The molecule has 0 spiro atoms. The fraction of sp³-hybridized carbons (Fsp3) is 0.500. The number of hydrogen-bond acceptors (Lipinski definition) is 5. The van der Waals surface area contributed by atoms with Gasteiger partial charge in [-0.1, -0.05) is 0 Å². The van der Waals surface area contributed by atoms with Crippen LogP contribution in [0, 0.1) is 11.3 Å². The van der Waals surface area contributed by atoms with Crippen LogP contribution in [-0.4, -0.2) is 36.3 Å². The van der Waals surface area contributed by atoms with Crippen molar-refractivity contribution < 1.29 is 4.74 Å². The standard InChI is InChI=1S/C10H12N4O/c1-15-8-2-5-14(7-8)10-9(6-11)12-3-4-13-10/h3-4,8H,2,5,7H2,1H3. The molecule has 0 bridgehead atoms. The molecule has 2 heterocycles. The maximum atomic E-state index is 8.89. The maximum absolute atomic E-state index is 8.89. The van der Waals surface area contributed by atoms with Gasteiger partial charge in [-0.2, -0.15) is 5.26 Å². The normalized spacial score (nSPS) is 20.3. The number of nitrogens with zero attached hydrogens (tertiary/aromatic N) is 4. The lowest BCUT2D eigenvalue weighted by atomic mass is 10.3. The lowest BCUT2D eigenvalue weighted by Gasteiger charge is -2.17. The third-order valence-corrected chi connectivity index (χ3v) is 2.56. The first kappa shape index (κ1) is 9.87. The van der Waals surface area contributed by atoms with Crippen LogP contribution in [0.15, 0.2) is 12.4 Å². The molecule has 0 aromatic carbocycles. The summed E-state index contributed by atoms with van der Waals surface area (Å²) in [6, 6.07) is 2.05. The lowest BCUT2D eigenvalue weighted by Crippen LogP contribution is -2.24. The third kappa shape index (κ3) is 1.90. The smallest absolute Gasteiger partial charge is 0.183 e. The van der Waals surface area contributed by atoms with Crippen LogP contribution in [0.1, 0.15) is 12.1 Å². The first-order chi connectivity index (χ1) is 7.35. The van der Waals surface area contributed by atoms with Gasteiger partial charge in [0.2, 0.25) is 0 Å². The van der Waals surface area contributed by atoms with Gasteiger partial charge >= 0.3 is 0 Å². The average molecular weight is 204 g/mol. The fourth-order valence-electron chi connectivity index (χ4n) is 1.75. The van der Waals surface area contributed by atoms with Crippen LogP contribution in [0.2, 0.25) is 0 Å². The minimum atomic E-state index is 0.235. The van der Waals surface area contributed by atoms with Crippen LogP contribution in [0.25, 0.3) is 0 Å². The molecular weight excluding hydrogens is 192 g/mol. The highest BCUT2D eigenvalue weighted by Crippen LogP contribution is 2.21. The Bertz CT molecular complexity index is 387. The van der Waals surface area contributed by atoms with Crippen LogP contribution in [0.5, 0.6) is 0 Å². The van der Waals surface area contributed by atoms with Gasteiger partial charge in [0, 0.05) is 32.6 Å². The highest BCUT2D eigenvalue weighted by Gasteiger charge is 2.25. The molecule has 1 fully saturated rings. The van der Waals surface area contributed by atoms with E-state index in [1.807, 2.05) is 11.0 Å². The van der Waals surface area contributed by atoms with Gasteiger partial charge in [-0.3, -0.25) is 0 Å². The highest BCUT2D eigenvalue weighted by atomic mass is 16.5. The zero-order valence-corrected chi connectivity index (χ0v) is 8.55. The molecule has 0 saturated carbocycles. The zero-order valence-electron chi connectivity index (χ0n) is 8.55. The Balaban J connectivity index is 2.20. The van der Waals surface area contributed by atoms with E-state index in [0.717, 1.165) is 19.5 Å². The van der Waals surface area contributed by atoms with E-state index in [0.29, 0.717) is 11.5 Å². The van der Waals surface area contributed by atoms with E-state index in [1.54, 1.807) is 13.3 Å². The second-order valence-corrected chi connectivity index (χ2v) is 3.43. The summed E-state index contributed by atoms with van der Waals surface area (Å²) in [5.74, 6) is 0.666. The third-order valence-electron chi connectivity index (χ3n) is 2.56. The maximum Gasteiger partial charge on any atom is 0.183 e. The molecule has 1 aliphatic rings. The Hall–Kier alpha value is -1.67. The molecule has 1 unspecified atom stereocenters. The van der Waals surface area contributed by atoms with Crippen molar-refractivity contribution in [2.75, 3.05) is 25.1 Å². The largest absolute Gasteiger partial charge is 0.380 e. The molecule has 0 N–H and O–H groups in total. The summed E-state index contributed by atoms with van der Waals surface area (Å²) in [5, 5.41) is 8.89. The van der Waals surface area contributed by atoms with Crippen LogP contribution in [-0.2, 0) is 4.74 Å². The van der Waals surface area contributed by atoms with Crippen LogP contribution in [0.4, 0.5) is 5.82 Å². The predicted octanol–water partition coefficient (Wildman–Crippen LogP) is 0.573. The lowest BCUT2D eigenvalue weighted by molar-refractivity contribution is 0.121. The van der Waals surface area contributed by atoms with Crippen LogP contribution in [0.3, 0.4) is 0 Å². The van der Waals surface area contributed by atoms with Crippen molar-refractivity contribution in [3.63, 3.8) is 0 Å². The number of anilines is 1. The predicted molar refractivity (Wildman–Crippen MR) is 54.4 cm³/mol. The van der Waals surface area contributed by atoms with E-state index in [2.05, 4.69) is 9.97 Å². The molecule has 0 radical (unpaired) electrons. The summed E-state index contributed by atoms with van der Waals surface area (Å²) in [4.78, 5) is 10.2. The number of methoxy groups -OCH3 is 1. The van der Waals surface area contributed by atoms with Gasteiger partial charge in [0.15, 0.2) is 11.5 Å². The summed E-state index contributed by atoms with van der Waals surface area (Å²) in [6.07, 6.45) is 4.35. The van der Waals surface area contributed by atoms with Crippen LogP contribution < -0.4 is 4.90 Å². The minimum absolute atomic E-state index is 0.235. The van der Waals surface area contributed by atoms with E-state index in [4.69, 9.17) is 10.00 Å². The van der Waals surface area contributed by atoms with Crippen molar-refractivity contribution in [3.05, 3.63) is 18.1 Å². The van der Waals surface area contributed by atoms with Gasteiger partial charge in [-0.05, 0) is 6.42 Å². The fourth-order valence-corrected chi connectivity index (χ4v) is 1.75. The zero-order chi connectivity index (χ0) is 10.7. The number of aromatic nitrogens is 2. The Labute approximate surface area is 88.3 Å². The summed E-state index contributed by atoms with van der Waals surface area (Å²) in [6.45, 7) is 1.65. The molecule has 0 amide bonds. The van der Waals surface area contributed by atoms with Gasteiger partial charge < -0.3 is 9.64 Å². The first-order valence-electron chi connectivity index (χ1n) is 4.84. The van der Waals surface area contributed by atoms with Crippen LogP contribution >= 0.6 is 0 Å². The number of ether oxygens (including phenoxy) is 1. The van der Waals surface area contributed by atoms with Gasteiger partial charge in [-0.15, -0.1) is 0 Å². The summed E-state index contributed by atoms with van der Waals surface area (Å²) in [5.41, 5.74) is 0.384. The molecule has 1 atom stereocenters. The number of nitriles is 1. The molecule has 1 saturated heterocycles. The van der Waals surface area contributed by atoms with E-state index in [9.17, 15) is 0 Å². The van der Waals surface area contributed by atoms with Gasteiger partial charge in [0.25, 0.3) is 0 Å². The molecular formula is C10H12N4O. The van der Waals surface area contributed by atoms with Crippen molar-refractivity contribution in [1.82, 2.24) is 9.97 Å². The molecule has 15 heavy (non-hydrogen) atoms. The molecule has 1 aliphatic heterocycles. The molecule has 5 heteroatoms. The van der Waals surface area contributed by atoms with E-state index in [1.165, 1.54) is 6.20 Å². The van der Waals surface area contributed by atoms with Gasteiger partial charge in [0.05, 0.1) is 6.10 Å². The quantitative estimate of drug-likeness (QED) is 0.705. The van der Waals surface area contributed by atoms with Crippen molar-refractivity contribution in [3.8, 4) is 6.07 Å². The molecule has 1 aromatic heterocycles. The average Bonchev–Trinajstić information content (AvgIpc) is 2.77. The van der Waals surface area contributed by atoms with E-state index < -0.39 is 0 Å². The Kier molecular flexibility index (Phi) is 2.79. The van der Waals surface area contributed by atoms with E-state index >= 15 is 0 Å². The summed E-state index contributed by atoms with van der Waals surface area (Å²) >= 11 is 0. The second-order valence-electron chi connectivity index (χ2n) is 3.43. The minimum Gasteiger partial charge on any atom is -0.380 e. The molecule has 1 aromatic rings. The monoisotopic (exact) mass is 204 g/mol. The van der Waals surface area contributed by atoms with Crippen molar-refractivity contribution in [2.24, 2.45) is 0 Å².